The van der Waals surface area contributed by atoms with Gasteiger partial charge in [-0.1, -0.05) is 42.5 Å². The van der Waals surface area contributed by atoms with E-state index in [9.17, 15) is 0 Å². The maximum Gasteiger partial charge on any atom is 0.0779 e. The normalized spacial score (nSPS) is 23.5. The third-order valence-electron chi connectivity index (χ3n) is 4.46. The van der Waals surface area contributed by atoms with Crippen LogP contribution in [0.5, 0.6) is 0 Å². The highest BCUT2D eigenvalue weighted by molar-refractivity contribution is 5.86. The smallest absolute Gasteiger partial charge is 0.0779 e. The van der Waals surface area contributed by atoms with Crippen LogP contribution in [0.15, 0.2) is 42.5 Å². The van der Waals surface area contributed by atoms with E-state index in [1.54, 1.807) is 0 Å². The number of nitrogens with two attached hydrogens (primary N) is 1. The number of fused-ring (bicyclic) bond motifs is 1. The van der Waals surface area contributed by atoms with Crippen molar-refractivity contribution >= 4 is 10.8 Å². The van der Waals surface area contributed by atoms with E-state index in [1.807, 2.05) is 0 Å². The molecule has 0 radical (unpaired) electrons. The fraction of sp³-hybridized carbons (Fsp3) is 0.444. The Balaban J connectivity index is 1.81. The van der Waals surface area contributed by atoms with E-state index in [0.717, 1.165) is 26.0 Å². The first-order valence-corrected chi connectivity index (χ1v) is 7.77. The van der Waals surface area contributed by atoms with Gasteiger partial charge in [0.25, 0.3) is 0 Å². The van der Waals surface area contributed by atoms with E-state index in [-0.39, 0.29) is 11.6 Å². The standard InChI is InChI=1S/C18H24N2O/c1-18(10-5-11-21-18)13-20-17(12-19)16-9-4-7-14-6-2-3-8-15(14)16/h2-4,6-9,17,20H,5,10-13,19H2,1H3. The van der Waals surface area contributed by atoms with E-state index >= 15 is 0 Å². The lowest BCUT2D eigenvalue weighted by molar-refractivity contribution is 0.0189. The van der Waals surface area contributed by atoms with E-state index in [4.69, 9.17) is 10.5 Å². The summed E-state index contributed by atoms with van der Waals surface area (Å²) in [7, 11) is 0. The minimum absolute atomic E-state index is 0.0436. The van der Waals surface area contributed by atoms with Gasteiger partial charge in [-0.25, -0.2) is 0 Å². The molecule has 1 fully saturated rings. The van der Waals surface area contributed by atoms with Crippen molar-refractivity contribution in [1.29, 1.82) is 0 Å². The van der Waals surface area contributed by atoms with Gasteiger partial charge in [0, 0.05) is 25.7 Å². The molecule has 0 spiro atoms. The van der Waals surface area contributed by atoms with Gasteiger partial charge in [-0.2, -0.15) is 0 Å². The maximum atomic E-state index is 6.02. The minimum atomic E-state index is -0.0436. The monoisotopic (exact) mass is 284 g/mol. The quantitative estimate of drug-likeness (QED) is 0.887. The van der Waals surface area contributed by atoms with Gasteiger partial charge in [0.15, 0.2) is 0 Å². The Hall–Kier alpha value is -1.42. The molecule has 2 aromatic carbocycles. The summed E-state index contributed by atoms with van der Waals surface area (Å²) in [6, 6.07) is 15.1. The van der Waals surface area contributed by atoms with Crippen molar-refractivity contribution in [3.05, 3.63) is 48.0 Å². The predicted molar refractivity (Wildman–Crippen MR) is 87.3 cm³/mol. The van der Waals surface area contributed by atoms with Crippen LogP contribution in [-0.4, -0.2) is 25.3 Å². The number of ether oxygens (including phenoxy) is 1. The Bertz CT molecular complexity index is 600. The maximum absolute atomic E-state index is 6.02. The molecule has 21 heavy (non-hydrogen) atoms. The van der Waals surface area contributed by atoms with Crippen molar-refractivity contribution in [2.24, 2.45) is 5.73 Å². The molecule has 3 nitrogen and oxygen atoms in total. The molecule has 3 rings (SSSR count). The van der Waals surface area contributed by atoms with Crippen molar-refractivity contribution in [2.75, 3.05) is 19.7 Å². The molecule has 1 aliphatic heterocycles. The van der Waals surface area contributed by atoms with Crippen LogP contribution in [0.4, 0.5) is 0 Å². The summed E-state index contributed by atoms with van der Waals surface area (Å²) in [4.78, 5) is 0. The second-order valence-corrected chi connectivity index (χ2v) is 6.14. The molecule has 2 unspecified atom stereocenters. The van der Waals surface area contributed by atoms with Gasteiger partial charge < -0.3 is 15.8 Å². The first-order chi connectivity index (χ1) is 10.2. The molecule has 1 aliphatic rings. The van der Waals surface area contributed by atoms with E-state index in [2.05, 4.69) is 54.7 Å². The summed E-state index contributed by atoms with van der Waals surface area (Å²) < 4.78 is 5.86. The van der Waals surface area contributed by atoms with E-state index < -0.39 is 0 Å². The van der Waals surface area contributed by atoms with Crippen LogP contribution in [0.2, 0.25) is 0 Å². The molecule has 112 valence electrons. The van der Waals surface area contributed by atoms with Crippen molar-refractivity contribution in [3.8, 4) is 0 Å². The molecule has 2 aromatic rings. The zero-order chi connectivity index (χ0) is 14.7. The summed E-state index contributed by atoms with van der Waals surface area (Å²) in [5.41, 5.74) is 7.25. The zero-order valence-corrected chi connectivity index (χ0v) is 12.6. The fourth-order valence-corrected chi connectivity index (χ4v) is 3.19. The first kappa shape index (κ1) is 14.5. The number of benzene rings is 2. The number of rotatable bonds is 5. The predicted octanol–water partition coefficient (Wildman–Crippen LogP) is 3.00. The molecule has 1 saturated heterocycles. The van der Waals surface area contributed by atoms with Crippen LogP contribution in [0, 0.1) is 0 Å². The molecular weight excluding hydrogens is 260 g/mol. The van der Waals surface area contributed by atoms with Crippen LogP contribution in [0.1, 0.15) is 31.4 Å². The Kier molecular flexibility index (Phi) is 4.24. The summed E-state index contributed by atoms with van der Waals surface area (Å²) >= 11 is 0. The van der Waals surface area contributed by atoms with Crippen LogP contribution in [0.3, 0.4) is 0 Å². The molecule has 0 aromatic heterocycles. The Morgan fingerprint density at radius 1 is 1.24 bits per heavy atom. The number of hydrogen-bond donors (Lipinski definition) is 2. The second-order valence-electron chi connectivity index (χ2n) is 6.14. The summed E-state index contributed by atoms with van der Waals surface area (Å²) in [6.45, 7) is 4.49. The van der Waals surface area contributed by atoms with Gasteiger partial charge in [0.05, 0.1) is 5.60 Å². The molecule has 2 atom stereocenters. The van der Waals surface area contributed by atoms with Gasteiger partial charge in [-0.15, -0.1) is 0 Å². The minimum Gasteiger partial charge on any atom is -0.374 e. The summed E-state index contributed by atoms with van der Waals surface area (Å²) in [5.74, 6) is 0. The van der Waals surface area contributed by atoms with Crippen molar-refractivity contribution < 1.29 is 4.74 Å². The highest BCUT2D eigenvalue weighted by atomic mass is 16.5. The van der Waals surface area contributed by atoms with Crippen LogP contribution >= 0.6 is 0 Å². The molecule has 1 heterocycles. The van der Waals surface area contributed by atoms with E-state index in [1.165, 1.54) is 16.3 Å². The highest BCUT2D eigenvalue weighted by Crippen LogP contribution is 2.27. The zero-order valence-electron chi connectivity index (χ0n) is 12.6. The van der Waals surface area contributed by atoms with Gasteiger partial charge in [-0.05, 0) is 36.1 Å². The Labute approximate surface area is 126 Å². The summed E-state index contributed by atoms with van der Waals surface area (Å²) in [5, 5.41) is 6.15. The van der Waals surface area contributed by atoms with Crippen molar-refractivity contribution in [1.82, 2.24) is 5.32 Å². The third kappa shape index (κ3) is 3.10. The van der Waals surface area contributed by atoms with Crippen LogP contribution in [0.25, 0.3) is 10.8 Å². The van der Waals surface area contributed by atoms with Crippen molar-refractivity contribution in [2.45, 2.75) is 31.4 Å². The third-order valence-corrected chi connectivity index (χ3v) is 4.46. The second kappa shape index (κ2) is 6.14. The largest absolute Gasteiger partial charge is 0.374 e. The average Bonchev–Trinajstić information content (AvgIpc) is 2.95. The molecule has 3 N–H and O–H groups in total. The Morgan fingerprint density at radius 2 is 2.05 bits per heavy atom. The SMILES string of the molecule is CC1(CNC(CN)c2cccc3ccccc23)CCCO1. The molecule has 0 saturated carbocycles. The Morgan fingerprint density at radius 3 is 2.81 bits per heavy atom. The molecule has 0 bridgehead atoms. The molecule has 0 aliphatic carbocycles. The lowest BCUT2D eigenvalue weighted by atomic mass is 9.97. The lowest BCUT2D eigenvalue weighted by Crippen LogP contribution is -2.41. The molecular formula is C18H24N2O. The first-order valence-electron chi connectivity index (χ1n) is 7.77. The van der Waals surface area contributed by atoms with E-state index in [0.29, 0.717) is 6.54 Å². The highest BCUT2D eigenvalue weighted by Gasteiger charge is 2.30. The number of hydrogen-bond acceptors (Lipinski definition) is 3. The average molecular weight is 284 g/mol. The topological polar surface area (TPSA) is 47.3 Å². The number of nitrogens with one attached hydrogen (secondary N) is 1. The van der Waals surface area contributed by atoms with Gasteiger partial charge in [0.2, 0.25) is 0 Å². The van der Waals surface area contributed by atoms with Crippen LogP contribution in [-0.2, 0) is 4.74 Å². The van der Waals surface area contributed by atoms with Gasteiger partial charge in [0.1, 0.15) is 0 Å². The molecule has 0 amide bonds. The fourth-order valence-electron chi connectivity index (χ4n) is 3.19. The van der Waals surface area contributed by atoms with Gasteiger partial charge >= 0.3 is 0 Å². The lowest BCUT2D eigenvalue weighted by Gasteiger charge is -2.27. The van der Waals surface area contributed by atoms with Crippen molar-refractivity contribution in [3.63, 3.8) is 0 Å². The van der Waals surface area contributed by atoms with Gasteiger partial charge in [-0.3, -0.25) is 0 Å². The molecule has 3 heteroatoms. The summed E-state index contributed by atoms with van der Waals surface area (Å²) in [6.07, 6.45) is 2.27. The van der Waals surface area contributed by atoms with Crippen LogP contribution < -0.4 is 11.1 Å².